The van der Waals surface area contributed by atoms with Crippen molar-refractivity contribution in [1.82, 2.24) is 0 Å². The zero-order valence-corrected chi connectivity index (χ0v) is 25.6. The summed E-state index contributed by atoms with van der Waals surface area (Å²) < 4.78 is 80.5. The molecule has 184 valence electrons. The number of aliphatic imine (C=N–C) groups is 1. The van der Waals surface area contributed by atoms with Crippen molar-refractivity contribution in [3.63, 3.8) is 0 Å². The number of hydrogen-bond donors (Lipinski definition) is 1. The molecule has 1 saturated heterocycles. The maximum atomic E-state index is 12.3. The van der Waals surface area contributed by atoms with E-state index in [0.717, 1.165) is 25.1 Å². The fourth-order valence-electron chi connectivity index (χ4n) is 3.20. The summed E-state index contributed by atoms with van der Waals surface area (Å²) in [5, 5.41) is 19.6. The zero-order chi connectivity index (χ0) is 25.4. The first-order chi connectivity index (χ1) is 16.4. The Hall–Kier alpha value is -1.43. The Bertz CT molecular complexity index is 1570. The van der Waals surface area contributed by atoms with E-state index in [-0.39, 0.29) is 94.0 Å². The van der Waals surface area contributed by atoms with Gasteiger partial charge in [-0.2, -0.15) is 13.5 Å². The molecule has 3 aromatic rings. The van der Waals surface area contributed by atoms with Crippen LogP contribution in [0.3, 0.4) is 0 Å². The van der Waals surface area contributed by atoms with Crippen molar-refractivity contribution in [1.29, 1.82) is 0 Å². The van der Waals surface area contributed by atoms with Crippen LogP contribution in [0.5, 0.6) is 5.75 Å². The molecule has 1 aliphatic heterocycles. The number of nitrogens with zero attached hydrogens (tertiary/aromatic N) is 3. The zero-order valence-electron chi connectivity index (χ0n) is 20.0. The fourth-order valence-corrected chi connectivity index (χ4v) is 4.38. The minimum absolute atomic E-state index is 0. The fraction of sp³-hybridized carbons (Fsp3) is 0.190. The van der Waals surface area contributed by atoms with Gasteiger partial charge in [0.05, 0.1) is 28.3 Å². The van der Waals surface area contributed by atoms with Gasteiger partial charge in [-0.05, 0) is 48.5 Å². The number of azo groups is 1. The van der Waals surface area contributed by atoms with Gasteiger partial charge in [0.2, 0.25) is 0 Å². The van der Waals surface area contributed by atoms with E-state index in [4.69, 9.17) is 9.47 Å². The van der Waals surface area contributed by atoms with Crippen molar-refractivity contribution < 1.29 is 99.6 Å². The van der Waals surface area contributed by atoms with E-state index in [1.807, 2.05) is 0 Å². The Morgan fingerprint density at radius 1 is 1.11 bits per heavy atom. The van der Waals surface area contributed by atoms with Gasteiger partial charge in [-0.15, -0.1) is 5.11 Å². The summed E-state index contributed by atoms with van der Waals surface area (Å²) in [6, 6.07) is 10.9. The number of rotatable bonds is 8. The first-order valence-corrected chi connectivity index (χ1v) is 12.8. The largest absolute Gasteiger partial charge is 1.00 e. The van der Waals surface area contributed by atoms with Crippen LogP contribution in [0, 0.1) is 0 Å². The standard InChI is InChI=1S/C21H19N3O9S2.2Na/c1-12(25)22-17-9-16(34(26,27)28)7-13-8-18(35(29,30)31)20(24-23-14-5-3-2-4-6-14)21(19(13)17)33-11-15-10-32-15;;/h2-9,15H,10-11H2,1H3,(H,22,25)(H,26,27,28)(H,29,30,31);;/q;2*+1/p-2. The molecule has 12 nitrogen and oxygen atoms in total. The van der Waals surface area contributed by atoms with Crippen LogP contribution in [0.1, 0.15) is 6.92 Å². The molecule has 0 spiro atoms. The van der Waals surface area contributed by atoms with Crippen LogP contribution in [0.15, 0.2) is 73.5 Å². The molecule has 37 heavy (non-hydrogen) atoms. The Labute approximate surface area is 256 Å². The maximum Gasteiger partial charge on any atom is 1.00 e. The molecule has 0 aliphatic carbocycles. The SMILES string of the molecule is CC([O-])=Nc1cc(S(=O)(=O)[O-])cc2cc(S(=O)(=O)O)c(N=Nc3ccccc3)c(OCC3CO3)c12.[Na+].[Na+]. The van der Waals surface area contributed by atoms with Crippen LogP contribution < -0.4 is 69.0 Å². The summed E-state index contributed by atoms with van der Waals surface area (Å²) in [7, 11) is -9.97. The molecule has 1 fully saturated rings. The van der Waals surface area contributed by atoms with Gasteiger partial charge in [0.25, 0.3) is 10.1 Å². The van der Waals surface area contributed by atoms with E-state index in [2.05, 4.69) is 15.2 Å². The topological polar surface area (TPSA) is 193 Å². The quantitative estimate of drug-likeness (QED) is 0.0724. The summed E-state index contributed by atoms with van der Waals surface area (Å²) in [6.45, 7) is 1.43. The smallest absolute Gasteiger partial charge is 0.862 e. The second kappa shape index (κ2) is 12.6. The van der Waals surface area contributed by atoms with Crippen LogP contribution >= 0.6 is 0 Å². The summed E-state index contributed by atoms with van der Waals surface area (Å²) in [4.78, 5) is 2.26. The average molecular weight is 565 g/mol. The molecule has 16 heteroatoms. The van der Waals surface area contributed by atoms with E-state index >= 15 is 0 Å². The molecule has 1 heterocycles. The van der Waals surface area contributed by atoms with Crippen molar-refractivity contribution in [2.75, 3.05) is 13.2 Å². The second-order valence-electron chi connectivity index (χ2n) is 7.45. The van der Waals surface area contributed by atoms with Gasteiger partial charge in [0, 0.05) is 0 Å². The molecule has 1 N–H and O–H groups in total. The third-order valence-electron chi connectivity index (χ3n) is 4.77. The first kappa shape index (κ1) is 31.8. The molecule has 0 saturated carbocycles. The molecule has 0 aromatic heterocycles. The van der Waals surface area contributed by atoms with Crippen molar-refractivity contribution in [3.8, 4) is 5.75 Å². The predicted octanol–water partition coefficient (Wildman–Crippen LogP) is -3.40. The van der Waals surface area contributed by atoms with Crippen molar-refractivity contribution >= 4 is 54.0 Å². The summed E-state index contributed by atoms with van der Waals surface area (Å²) in [5.41, 5.74) is -0.330. The van der Waals surface area contributed by atoms with Crippen LogP contribution in [-0.4, -0.2) is 51.2 Å². The minimum Gasteiger partial charge on any atom is -0.862 e. The van der Waals surface area contributed by atoms with Gasteiger partial charge >= 0.3 is 59.1 Å². The number of hydrogen-bond acceptors (Lipinski definition) is 11. The molecule has 0 bridgehead atoms. The number of fused-ring (bicyclic) bond motifs is 1. The summed E-state index contributed by atoms with van der Waals surface area (Å²) >= 11 is 0. The van der Waals surface area contributed by atoms with Crippen molar-refractivity contribution in [3.05, 3.63) is 48.5 Å². The van der Waals surface area contributed by atoms with Gasteiger partial charge in [-0.25, -0.2) is 8.42 Å². The van der Waals surface area contributed by atoms with Crippen LogP contribution in [-0.2, 0) is 25.0 Å². The van der Waals surface area contributed by atoms with Gasteiger partial charge in [0.15, 0.2) is 5.75 Å². The normalized spacial score (nSPS) is 15.8. The van der Waals surface area contributed by atoms with Crippen molar-refractivity contribution in [2.24, 2.45) is 15.2 Å². The Morgan fingerprint density at radius 3 is 2.30 bits per heavy atom. The summed E-state index contributed by atoms with van der Waals surface area (Å²) in [5.74, 6) is -0.977. The second-order valence-corrected chi connectivity index (χ2v) is 10.2. The van der Waals surface area contributed by atoms with E-state index in [9.17, 15) is 31.0 Å². The molecule has 1 unspecified atom stereocenters. The molecular formula is C21H17N3Na2O9S2. The monoisotopic (exact) mass is 565 g/mol. The Morgan fingerprint density at radius 2 is 1.76 bits per heavy atom. The third-order valence-corrected chi connectivity index (χ3v) is 6.45. The van der Waals surface area contributed by atoms with E-state index in [0.29, 0.717) is 12.3 Å². The third kappa shape index (κ3) is 8.03. The number of epoxide rings is 1. The van der Waals surface area contributed by atoms with Gasteiger partial charge in [-0.1, -0.05) is 18.2 Å². The Kier molecular flexibility index (Phi) is 10.8. The summed E-state index contributed by atoms with van der Waals surface area (Å²) in [6.07, 6.45) is -0.298. The molecule has 3 aromatic carbocycles. The molecule has 0 amide bonds. The van der Waals surface area contributed by atoms with E-state index < -0.39 is 41.6 Å². The number of ether oxygens (including phenoxy) is 2. The molecule has 1 atom stereocenters. The molecule has 4 rings (SSSR count). The van der Waals surface area contributed by atoms with Crippen LogP contribution in [0.2, 0.25) is 0 Å². The molecular weight excluding hydrogens is 548 g/mol. The predicted molar refractivity (Wildman–Crippen MR) is 120 cm³/mol. The molecule has 1 aliphatic rings. The Balaban J connectivity index is 0.00000241. The van der Waals surface area contributed by atoms with Crippen LogP contribution in [0.25, 0.3) is 10.8 Å². The minimum atomic E-state index is -5.02. The van der Waals surface area contributed by atoms with E-state index in [1.165, 1.54) is 0 Å². The van der Waals surface area contributed by atoms with Gasteiger partial charge < -0.3 is 19.1 Å². The van der Waals surface area contributed by atoms with Gasteiger partial charge in [-0.3, -0.25) is 9.55 Å². The molecule has 0 radical (unpaired) electrons. The number of benzene rings is 3. The maximum absolute atomic E-state index is 12.3. The van der Waals surface area contributed by atoms with Crippen LogP contribution in [0.4, 0.5) is 17.1 Å². The van der Waals surface area contributed by atoms with Crippen molar-refractivity contribution in [2.45, 2.75) is 22.8 Å². The van der Waals surface area contributed by atoms with E-state index in [1.54, 1.807) is 30.3 Å². The first-order valence-electron chi connectivity index (χ1n) is 9.95. The van der Waals surface area contributed by atoms with Gasteiger partial charge in [0.1, 0.15) is 33.4 Å². The average Bonchev–Trinajstić information content (AvgIpc) is 3.59.